The summed E-state index contributed by atoms with van der Waals surface area (Å²) in [6.45, 7) is 4.33. The highest BCUT2D eigenvalue weighted by Crippen LogP contribution is 2.10. The van der Waals surface area contributed by atoms with Gasteiger partial charge in [0.15, 0.2) is 5.96 Å². The number of nitrogens with one attached hydrogen (secondary N) is 1. The van der Waals surface area contributed by atoms with E-state index in [9.17, 15) is 8.42 Å². The number of hydrogen-bond acceptors (Lipinski definition) is 3. The van der Waals surface area contributed by atoms with Crippen molar-refractivity contribution in [2.24, 2.45) is 15.9 Å². The number of benzene rings is 1. The second kappa shape index (κ2) is 6.18. The van der Waals surface area contributed by atoms with Gasteiger partial charge in [0, 0.05) is 6.54 Å². The van der Waals surface area contributed by atoms with E-state index in [2.05, 4.69) is 16.9 Å². The average Bonchev–Trinajstić information content (AvgIpc) is 2.33. The van der Waals surface area contributed by atoms with Crippen molar-refractivity contribution >= 4 is 16.0 Å². The molecule has 0 saturated carbocycles. The molecule has 18 heavy (non-hydrogen) atoms. The minimum Gasteiger partial charge on any atom is -0.370 e. The number of aliphatic imine (C=N–C) groups is 1. The molecule has 0 radical (unpaired) electrons. The Morgan fingerprint density at radius 3 is 2.83 bits per heavy atom. The molecule has 0 aliphatic rings. The highest BCUT2D eigenvalue weighted by Gasteiger charge is 2.07. The van der Waals surface area contributed by atoms with Gasteiger partial charge in [0.1, 0.15) is 0 Å². The number of hydrogen-bond donors (Lipinski definition) is 3. The molecule has 0 amide bonds. The molecule has 6 nitrogen and oxygen atoms in total. The fourth-order valence-electron chi connectivity index (χ4n) is 1.23. The van der Waals surface area contributed by atoms with Crippen LogP contribution in [-0.2, 0) is 16.6 Å². The van der Waals surface area contributed by atoms with Crippen molar-refractivity contribution in [1.82, 2.24) is 5.32 Å². The summed E-state index contributed by atoms with van der Waals surface area (Å²) in [6, 6.07) is 6.26. The van der Waals surface area contributed by atoms with E-state index in [1.165, 1.54) is 12.1 Å². The van der Waals surface area contributed by atoms with Crippen molar-refractivity contribution in [2.75, 3.05) is 6.54 Å². The highest BCUT2D eigenvalue weighted by molar-refractivity contribution is 7.89. The van der Waals surface area contributed by atoms with Gasteiger partial charge >= 0.3 is 0 Å². The first-order valence-electron chi connectivity index (χ1n) is 5.20. The van der Waals surface area contributed by atoms with Crippen LogP contribution in [0.2, 0.25) is 0 Å². The minimum absolute atomic E-state index is 0.0628. The zero-order chi connectivity index (χ0) is 13.6. The largest absolute Gasteiger partial charge is 0.370 e. The molecule has 0 heterocycles. The molecule has 5 N–H and O–H groups in total. The maximum atomic E-state index is 11.2. The van der Waals surface area contributed by atoms with Crippen LogP contribution >= 0.6 is 0 Å². The Morgan fingerprint density at radius 1 is 1.50 bits per heavy atom. The second-order valence-corrected chi connectivity index (χ2v) is 5.12. The van der Waals surface area contributed by atoms with Gasteiger partial charge in [-0.15, -0.1) is 6.58 Å². The van der Waals surface area contributed by atoms with Crippen LogP contribution in [0.25, 0.3) is 0 Å². The molecule has 1 rings (SSSR count). The first-order chi connectivity index (χ1) is 8.43. The van der Waals surface area contributed by atoms with Gasteiger partial charge in [0.25, 0.3) is 0 Å². The van der Waals surface area contributed by atoms with E-state index < -0.39 is 10.0 Å². The molecule has 0 saturated heterocycles. The van der Waals surface area contributed by atoms with Crippen LogP contribution in [0.1, 0.15) is 5.56 Å². The van der Waals surface area contributed by atoms with Crippen LogP contribution in [0.5, 0.6) is 0 Å². The Hall–Kier alpha value is -1.86. The van der Waals surface area contributed by atoms with Crippen molar-refractivity contribution in [2.45, 2.75) is 11.4 Å². The maximum Gasteiger partial charge on any atom is 0.238 e. The summed E-state index contributed by atoms with van der Waals surface area (Å²) in [5, 5.41) is 7.85. The Labute approximate surface area is 106 Å². The SMILES string of the molecule is C=CCNC(N)=NCc1cccc(S(N)(=O)=O)c1. The summed E-state index contributed by atoms with van der Waals surface area (Å²) in [7, 11) is -3.69. The maximum absolute atomic E-state index is 11.2. The van der Waals surface area contributed by atoms with E-state index in [0.717, 1.165) is 0 Å². The van der Waals surface area contributed by atoms with Crippen molar-refractivity contribution in [3.05, 3.63) is 42.5 Å². The lowest BCUT2D eigenvalue weighted by molar-refractivity contribution is 0.597. The quantitative estimate of drug-likeness (QED) is 0.394. The third kappa shape index (κ3) is 4.56. The molecule has 0 aromatic heterocycles. The van der Waals surface area contributed by atoms with Gasteiger partial charge in [-0.3, -0.25) is 0 Å². The molecule has 0 fully saturated rings. The van der Waals surface area contributed by atoms with Crippen LogP contribution in [0.15, 0.2) is 46.8 Å². The molecule has 7 heteroatoms. The van der Waals surface area contributed by atoms with Crippen LogP contribution in [0, 0.1) is 0 Å². The molecule has 1 aromatic rings. The van der Waals surface area contributed by atoms with Crippen molar-refractivity contribution in [3.8, 4) is 0 Å². The standard InChI is InChI=1S/C11H16N4O2S/c1-2-6-14-11(12)15-8-9-4-3-5-10(7-9)18(13,16)17/h2-5,7H,1,6,8H2,(H3,12,14,15)(H2,13,16,17). The lowest BCUT2D eigenvalue weighted by atomic mass is 10.2. The molecule has 0 atom stereocenters. The van der Waals surface area contributed by atoms with Gasteiger partial charge in [0.05, 0.1) is 11.4 Å². The lowest BCUT2D eigenvalue weighted by Crippen LogP contribution is -2.31. The number of rotatable bonds is 5. The number of nitrogens with two attached hydrogens (primary N) is 2. The van der Waals surface area contributed by atoms with E-state index in [1.54, 1.807) is 18.2 Å². The predicted octanol–water partition coefficient (Wildman–Crippen LogP) is -0.0757. The number of guanidine groups is 1. The van der Waals surface area contributed by atoms with Crippen LogP contribution in [0.3, 0.4) is 0 Å². The van der Waals surface area contributed by atoms with Gasteiger partial charge in [0.2, 0.25) is 10.0 Å². The Kier molecular flexibility index (Phi) is 4.87. The summed E-state index contributed by atoms with van der Waals surface area (Å²) in [6.07, 6.45) is 1.66. The monoisotopic (exact) mass is 268 g/mol. The Morgan fingerprint density at radius 2 is 2.22 bits per heavy atom. The van der Waals surface area contributed by atoms with E-state index in [0.29, 0.717) is 12.1 Å². The number of sulfonamides is 1. The molecule has 98 valence electrons. The molecule has 0 unspecified atom stereocenters. The van der Waals surface area contributed by atoms with Crippen LogP contribution in [0.4, 0.5) is 0 Å². The van der Waals surface area contributed by atoms with E-state index in [-0.39, 0.29) is 17.4 Å². The molecule has 0 aliphatic carbocycles. The smallest absolute Gasteiger partial charge is 0.238 e. The van der Waals surface area contributed by atoms with Crippen LogP contribution < -0.4 is 16.2 Å². The van der Waals surface area contributed by atoms with Crippen LogP contribution in [-0.4, -0.2) is 20.9 Å². The fraction of sp³-hybridized carbons (Fsp3) is 0.182. The van der Waals surface area contributed by atoms with Gasteiger partial charge in [-0.2, -0.15) is 0 Å². The minimum atomic E-state index is -3.69. The Balaban J connectivity index is 2.77. The van der Waals surface area contributed by atoms with E-state index in [4.69, 9.17) is 10.9 Å². The van der Waals surface area contributed by atoms with Crippen molar-refractivity contribution in [3.63, 3.8) is 0 Å². The molecular weight excluding hydrogens is 252 g/mol. The summed E-state index contributed by atoms with van der Waals surface area (Å²) < 4.78 is 22.3. The molecule has 1 aromatic carbocycles. The van der Waals surface area contributed by atoms with E-state index >= 15 is 0 Å². The van der Waals surface area contributed by atoms with Gasteiger partial charge in [-0.05, 0) is 17.7 Å². The summed E-state index contributed by atoms with van der Waals surface area (Å²) in [4.78, 5) is 4.12. The Bertz CT molecular complexity index is 552. The number of primary sulfonamides is 1. The normalized spacial score (nSPS) is 12.2. The zero-order valence-corrected chi connectivity index (χ0v) is 10.7. The first kappa shape index (κ1) is 14.2. The van der Waals surface area contributed by atoms with Crippen molar-refractivity contribution in [1.29, 1.82) is 0 Å². The summed E-state index contributed by atoms with van der Waals surface area (Å²) in [5.74, 6) is 0.274. The van der Waals surface area contributed by atoms with E-state index in [1.807, 2.05) is 0 Å². The first-order valence-corrected chi connectivity index (χ1v) is 6.74. The van der Waals surface area contributed by atoms with Gasteiger partial charge in [-0.25, -0.2) is 18.5 Å². The summed E-state index contributed by atoms with van der Waals surface area (Å²) >= 11 is 0. The van der Waals surface area contributed by atoms with Crippen molar-refractivity contribution < 1.29 is 8.42 Å². The average molecular weight is 268 g/mol. The molecule has 0 aliphatic heterocycles. The topological polar surface area (TPSA) is 111 Å². The molecule has 0 bridgehead atoms. The third-order valence-corrected chi connectivity index (χ3v) is 3.00. The number of nitrogens with zero attached hydrogens (tertiary/aromatic N) is 1. The highest BCUT2D eigenvalue weighted by atomic mass is 32.2. The van der Waals surface area contributed by atoms with Gasteiger partial charge < -0.3 is 11.1 Å². The van der Waals surface area contributed by atoms with Gasteiger partial charge in [-0.1, -0.05) is 18.2 Å². The lowest BCUT2D eigenvalue weighted by Gasteiger charge is -2.03. The third-order valence-electron chi connectivity index (χ3n) is 2.09. The molecule has 0 spiro atoms. The molecular formula is C11H16N4O2S. The fourth-order valence-corrected chi connectivity index (χ4v) is 1.81. The zero-order valence-electron chi connectivity index (χ0n) is 9.83. The summed E-state index contributed by atoms with van der Waals surface area (Å²) in [5.41, 5.74) is 6.29. The second-order valence-electron chi connectivity index (χ2n) is 3.56. The predicted molar refractivity (Wildman–Crippen MR) is 71.3 cm³/mol.